The molecule has 3 aromatic rings. The van der Waals surface area contributed by atoms with Gasteiger partial charge >= 0.3 is 23.9 Å². The van der Waals surface area contributed by atoms with Gasteiger partial charge in [-0.05, 0) is 42.3 Å². The summed E-state index contributed by atoms with van der Waals surface area (Å²) in [6.07, 6.45) is -0.344. The lowest BCUT2D eigenvalue weighted by Gasteiger charge is -2.18. The molecule has 3 amide bonds. The molecule has 0 saturated carbocycles. The number of para-hydroxylation sites is 1. The van der Waals surface area contributed by atoms with Gasteiger partial charge in [-0.3, -0.25) is 9.59 Å². The average Bonchev–Trinajstić information content (AvgIpc) is 3.26. The van der Waals surface area contributed by atoms with Gasteiger partial charge in [0.05, 0.1) is 32.2 Å². The molecule has 0 aliphatic heterocycles. The molecule has 2 aromatic carbocycles. The van der Waals surface area contributed by atoms with Crippen LogP contribution in [-0.2, 0) is 23.8 Å². The first-order valence-electron chi connectivity index (χ1n) is 11.8. The monoisotopic (exact) mass is 569 g/mol. The van der Waals surface area contributed by atoms with Crippen molar-refractivity contribution in [1.29, 1.82) is 0 Å². The minimum Gasteiger partial charge on any atom is -0.465 e. The molecule has 210 valence electrons. The van der Waals surface area contributed by atoms with Crippen molar-refractivity contribution in [2.75, 3.05) is 26.1 Å². The van der Waals surface area contributed by atoms with Crippen LogP contribution in [-0.4, -0.2) is 50.7 Å². The van der Waals surface area contributed by atoms with Crippen LogP contribution in [0.25, 0.3) is 0 Å². The number of anilines is 1. The Labute approximate surface area is 233 Å². The summed E-state index contributed by atoms with van der Waals surface area (Å²) in [7, 11) is 2.34. The molecule has 3 rings (SSSR count). The van der Waals surface area contributed by atoms with E-state index < -0.39 is 42.5 Å². The highest BCUT2D eigenvalue weighted by atomic mass is 32.1. The Morgan fingerprint density at radius 1 is 0.925 bits per heavy atom. The van der Waals surface area contributed by atoms with Gasteiger partial charge in [-0.25, -0.2) is 14.4 Å². The van der Waals surface area contributed by atoms with Crippen LogP contribution in [0.2, 0.25) is 0 Å². The second kappa shape index (κ2) is 13.8. The van der Waals surface area contributed by atoms with E-state index in [0.29, 0.717) is 17.1 Å². The van der Waals surface area contributed by atoms with Gasteiger partial charge in [-0.15, -0.1) is 11.3 Å². The van der Waals surface area contributed by atoms with Gasteiger partial charge < -0.3 is 35.3 Å². The summed E-state index contributed by atoms with van der Waals surface area (Å²) < 4.78 is 20.4. The summed E-state index contributed by atoms with van der Waals surface area (Å²) in [5.74, 6) is -1.98. The van der Waals surface area contributed by atoms with Crippen molar-refractivity contribution >= 4 is 46.2 Å². The van der Waals surface area contributed by atoms with Gasteiger partial charge in [0, 0.05) is 0 Å². The van der Waals surface area contributed by atoms with E-state index in [4.69, 9.17) is 24.7 Å². The highest BCUT2D eigenvalue weighted by Gasteiger charge is 2.27. The smallest absolute Gasteiger partial charge is 0.348 e. The van der Waals surface area contributed by atoms with Crippen LogP contribution >= 0.6 is 11.3 Å². The zero-order chi connectivity index (χ0) is 29.2. The van der Waals surface area contributed by atoms with E-state index in [1.165, 1.54) is 14.0 Å². The Balaban J connectivity index is 1.67. The van der Waals surface area contributed by atoms with Gasteiger partial charge in [-0.2, -0.15) is 0 Å². The van der Waals surface area contributed by atoms with E-state index in [1.54, 1.807) is 36.4 Å². The molecule has 0 spiro atoms. The van der Waals surface area contributed by atoms with Crippen LogP contribution in [0.5, 0.6) is 11.5 Å². The second-order valence-electron chi connectivity index (χ2n) is 8.21. The number of urea groups is 1. The number of nitrogens with one attached hydrogen (secondary N) is 2. The van der Waals surface area contributed by atoms with Crippen molar-refractivity contribution in [1.82, 2.24) is 5.32 Å². The lowest BCUT2D eigenvalue weighted by molar-refractivity contribution is -0.147. The Morgan fingerprint density at radius 3 is 2.25 bits per heavy atom. The van der Waals surface area contributed by atoms with Crippen LogP contribution in [0.3, 0.4) is 0 Å². The molecule has 1 aromatic heterocycles. The minimum absolute atomic E-state index is 0.0177. The number of ether oxygens (including phenoxy) is 4. The second-order valence-corrected chi connectivity index (χ2v) is 9.23. The van der Waals surface area contributed by atoms with Crippen LogP contribution in [0.4, 0.5) is 9.80 Å². The third-order valence-corrected chi connectivity index (χ3v) is 6.64. The van der Waals surface area contributed by atoms with E-state index >= 15 is 0 Å². The fourth-order valence-corrected chi connectivity index (χ4v) is 4.74. The normalized spacial score (nSPS) is 11.1. The molecule has 0 saturated heterocycles. The number of nitrogens with two attached hydrogens (primary N) is 1. The summed E-state index contributed by atoms with van der Waals surface area (Å²) in [4.78, 5) is 61.1. The van der Waals surface area contributed by atoms with E-state index in [0.717, 1.165) is 18.4 Å². The van der Waals surface area contributed by atoms with Crippen LogP contribution < -0.4 is 21.1 Å². The molecule has 13 heteroatoms. The van der Waals surface area contributed by atoms with Crippen LogP contribution in [0.1, 0.15) is 43.6 Å². The molecule has 1 heterocycles. The lowest BCUT2D eigenvalue weighted by atomic mass is 10.0. The van der Waals surface area contributed by atoms with Crippen LogP contribution in [0.15, 0.2) is 54.6 Å². The quantitative estimate of drug-likeness (QED) is 0.230. The maximum absolute atomic E-state index is 12.6. The summed E-state index contributed by atoms with van der Waals surface area (Å²) >= 11 is 0.821. The van der Waals surface area contributed by atoms with E-state index in [9.17, 15) is 24.0 Å². The summed E-state index contributed by atoms with van der Waals surface area (Å²) in [5, 5.41) is 4.98. The number of carbonyl (C=O) groups is 5. The van der Waals surface area contributed by atoms with Crippen molar-refractivity contribution in [3.05, 3.63) is 76.2 Å². The van der Waals surface area contributed by atoms with Crippen molar-refractivity contribution < 1.29 is 42.9 Å². The number of hydrogen-bond donors (Lipinski definition) is 3. The van der Waals surface area contributed by atoms with Crippen molar-refractivity contribution in [3.8, 4) is 11.5 Å². The molecular weight excluding hydrogens is 542 g/mol. The predicted molar refractivity (Wildman–Crippen MR) is 144 cm³/mol. The molecule has 0 bridgehead atoms. The first-order valence-corrected chi connectivity index (χ1v) is 12.6. The standard InChI is InChI=1S/C27H27N3O9S/c1-15-22(25(33)36-2)24(40-23(15)26(34)37-3)30-20(31)14-38-21(32)13-19(29-27(28)35)16-8-7-11-18(12-16)39-17-9-5-4-6-10-17/h4-12,19H,13-14H2,1-3H3,(H,30,31)(H3,28,29,35)/t19-/m0/s1. The third-order valence-electron chi connectivity index (χ3n) is 5.45. The Kier molecular flexibility index (Phi) is 10.2. The Bertz CT molecular complexity index is 1410. The molecule has 12 nitrogen and oxygen atoms in total. The predicted octanol–water partition coefficient (Wildman–Crippen LogP) is 3.70. The fourth-order valence-electron chi connectivity index (χ4n) is 3.61. The topological polar surface area (TPSA) is 172 Å². The number of primary amides is 1. The zero-order valence-electron chi connectivity index (χ0n) is 21.8. The number of amides is 3. The highest BCUT2D eigenvalue weighted by molar-refractivity contribution is 7.18. The van der Waals surface area contributed by atoms with Gasteiger partial charge in [0.1, 0.15) is 21.4 Å². The van der Waals surface area contributed by atoms with E-state index in [1.807, 2.05) is 18.2 Å². The Morgan fingerprint density at radius 2 is 1.60 bits per heavy atom. The maximum atomic E-state index is 12.6. The number of benzene rings is 2. The summed E-state index contributed by atoms with van der Waals surface area (Å²) in [6.45, 7) is 0.806. The first-order chi connectivity index (χ1) is 19.1. The molecular formula is C27H27N3O9S. The number of thiophene rings is 1. The van der Waals surface area contributed by atoms with Crippen LogP contribution in [0, 0.1) is 6.92 Å². The minimum atomic E-state index is -0.874. The highest BCUT2D eigenvalue weighted by Crippen LogP contribution is 2.34. The van der Waals surface area contributed by atoms with E-state index in [-0.39, 0.29) is 27.4 Å². The number of methoxy groups -OCH3 is 2. The first kappa shape index (κ1) is 29.6. The number of esters is 3. The summed E-state index contributed by atoms with van der Waals surface area (Å²) in [5.41, 5.74) is 6.07. The molecule has 1 atom stereocenters. The SMILES string of the molecule is COC(=O)c1sc(NC(=O)COC(=O)C[C@H](NC(N)=O)c2cccc(Oc3ccccc3)c2)c(C(=O)OC)c1C. The van der Waals surface area contributed by atoms with Gasteiger partial charge in [0.15, 0.2) is 6.61 Å². The number of rotatable bonds is 11. The molecule has 4 N–H and O–H groups in total. The van der Waals surface area contributed by atoms with Gasteiger partial charge in [0.25, 0.3) is 5.91 Å². The molecule has 0 fully saturated rings. The zero-order valence-corrected chi connectivity index (χ0v) is 22.7. The molecule has 0 unspecified atom stereocenters. The molecule has 0 aliphatic carbocycles. The molecule has 40 heavy (non-hydrogen) atoms. The van der Waals surface area contributed by atoms with Gasteiger partial charge in [-0.1, -0.05) is 30.3 Å². The van der Waals surface area contributed by atoms with E-state index in [2.05, 4.69) is 10.6 Å². The third kappa shape index (κ3) is 7.80. The van der Waals surface area contributed by atoms with Crippen molar-refractivity contribution in [2.24, 2.45) is 5.73 Å². The molecule has 0 radical (unpaired) electrons. The largest absolute Gasteiger partial charge is 0.465 e. The van der Waals surface area contributed by atoms with Gasteiger partial charge in [0.2, 0.25) is 0 Å². The average molecular weight is 570 g/mol. The number of carbonyl (C=O) groups excluding carboxylic acids is 5. The summed E-state index contributed by atoms with van der Waals surface area (Å²) in [6, 6.07) is 14.0. The number of hydrogen-bond acceptors (Lipinski definition) is 10. The fraction of sp³-hybridized carbons (Fsp3) is 0.222. The molecule has 0 aliphatic rings. The lowest BCUT2D eigenvalue weighted by Crippen LogP contribution is -2.35. The van der Waals surface area contributed by atoms with Crippen molar-refractivity contribution in [2.45, 2.75) is 19.4 Å². The Hall–Kier alpha value is -4.91. The van der Waals surface area contributed by atoms with Crippen molar-refractivity contribution in [3.63, 3.8) is 0 Å². The maximum Gasteiger partial charge on any atom is 0.348 e.